The van der Waals surface area contributed by atoms with Crippen molar-refractivity contribution < 1.29 is 14.3 Å². The highest BCUT2D eigenvalue weighted by Gasteiger charge is 2.35. The number of aliphatic hydroxyl groups is 1. The van der Waals surface area contributed by atoms with Crippen molar-refractivity contribution in [1.82, 2.24) is 4.90 Å². The van der Waals surface area contributed by atoms with Gasteiger partial charge in [0.1, 0.15) is 5.82 Å². The zero-order valence-corrected chi connectivity index (χ0v) is 13.7. The normalized spacial score (nSPS) is 19.5. The fourth-order valence-electron chi connectivity index (χ4n) is 3.15. The Hall–Kier alpha value is -2.91. The van der Waals surface area contributed by atoms with E-state index in [1.54, 1.807) is 37.3 Å². The van der Waals surface area contributed by atoms with Gasteiger partial charge in [-0.05, 0) is 48.7 Å². The number of benzene rings is 2. The first kappa shape index (κ1) is 16.9. The van der Waals surface area contributed by atoms with Crippen LogP contribution >= 0.6 is 0 Å². The summed E-state index contributed by atoms with van der Waals surface area (Å²) in [4.78, 5) is 14.2. The number of hydrogen-bond acceptors (Lipinski definition) is 3. The molecule has 0 saturated carbocycles. The number of rotatable bonds is 2. The number of anilines is 1. The van der Waals surface area contributed by atoms with Crippen molar-refractivity contribution in [2.75, 3.05) is 11.9 Å². The lowest BCUT2D eigenvalue weighted by molar-refractivity contribution is 0.175. The fourth-order valence-corrected chi connectivity index (χ4v) is 3.15. The fraction of sp³-hybridized carbons (Fsp3) is 0.263. The highest BCUT2D eigenvalue weighted by atomic mass is 19.1. The van der Waals surface area contributed by atoms with Crippen LogP contribution in [0.3, 0.4) is 0 Å². The maximum atomic E-state index is 13.5. The number of aliphatic hydroxyl groups excluding tert-OH is 1. The van der Waals surface area contributed by atoms with Gasteiger partial charge in [0.25, 0.3) is 0 Å². The van der Waals surface area contributed by atoms with E-state index in [1.807, 2.05) is 0 Å². The van der Waals surface area contributed by atoms with Crippen LogP contribution in [0.15, 0.2) is 42.5 Å². The van der Waals surface area contributed by atoms with E-state index in [4.69, 9.17) is 5.26 Å². The van der Waals surface area contributed by atoms with Crippen molar-refractivity contribution in [1.29, 1.82) is 5.26 Å². The Morgan fingerprint density at radius 3 is 2.84 bits per heavy atom. The third-order valence-corrected chi connectivity index (χ3v) is 4.47. The molecule has 1 saturated heterocycles. The molecule has 2 aromatic carbocycles. The van der Waals surface area contributed by atoms with Crippen LogP contribution in [0.5, 0.6) is 0 Å². The molecular formula is C19H18FN3O2. The van der Waals surface area contributed by atoms with Crippen molar-refractivity contribution in [2.45, 2.75) is 25.5 Å². The zero-order valence-electron chi connectivity index (χ0n) is 13.7. The van der Waals surface area contributed by atoms with Gasteiger partial charge in [-0.1, -0.05) is 18.2 Å². The van der Waals surface area contributed by atoms with E-state index in [0.717, 1.165) is 0 Å². The second-order valence-electron chi connectivity index (χ2n) is 6.13. The van der Waals surface area contributed by atoms with Crippen LogP contribution in [0, 0.1) is 24.1 Å². The summed E-state index contributed by atoms with van der Waals surface area (Å²) in [5, 5.41) is 21.9. The Bertz CT molecular complexity index is 847. The molecule has 2 aromatic rings. The van der Waals surface area contributed by atoms with Crippen LogP contribution in [0.25, 0.3) is 0 Å². The van der Waals surface area contributed by atoms with Crippen LogP contribution in [0.1, 0.15) is 29.2 Å². The summed E-state index contributed by atoms with van der Waals surface area (Å²) in [6.45, 7) is 1.93. The molecule has 0 aliphatic carbocycles. The van der Waals surface area contributed by atoms with E-state index in [1.165, 1.54) is 17.0 Å². The average molecular weight is 339 g/mol. The molecule has 1 fully saturated rings. The molecule has 6 heteroatoms. The van der Waals surface area contributed by atoms with Crippen molar-refractivity contribution in [2.24, 2.45) is 0 Å². The minimum Gasteiger partial charge on any atom is -0.391 e. The van der Waals surface area contributed by atoms with E-state index in [9.17, 15) is 14.3 Å². The molecule has 2 unspecified atom stereocenters. The summed E-state index contributed by atoms with van der Waals surface area (Å²) in [6.07, 6.45) is -0.306. The minimum absolute atomic E-state index is 0.171. The van der Waals surface area contributed by atoms with Gasteiger partial charge < -0.3 is 15.3 Å². The van der Waals surface area contributed by atoms with Gasteiger partial charge in [-0.2, -0.15) is 5.26 Å². The number of amides is 2. The Labute approximate surface area is 145 Å². The predicted molar refractivity (Wildman–Crippen MR) is 91.4 cm³/mol. The van der Waals surface area contributed by atoms with Crippen molar-refractivity contribution in [3.63, 3.8) is 0 Å². The molecule has 1 aliphatic heterocycles. The van der Waals surface area contributed by atoms with E-state index in [-0.39, 0.29) is 18.4 Å². The van der Waals surface area contributed by atoms with E-state index >= 15 is 0 Å². The van der Waals surface area contributed by atoms with E-state index in [2.05, 4.69) is 11.4 Å². The predicted octanol–water partition coefficient (Wildman–Crippen LogP) is 3.35. The van der Waals surface area contributed by atoms with Crippen LogP contribution in [-0.4, -0.2) is 28.7 Å². The van der Waals surface area contributed by atoms with Gasteiger partial charge in [-0.25, -0.2) is 9.18 Å². The first-order valence-electron chi connectivity index (χ1n) is 8.00. The van der Waals surface area contributed by atoms with Crippen molar-refractivity contribution in [3.8, 4) is 6.07 Å². The number of carbonyl (C=O) groups is 1. The Balaban J connectivity index is 1.84. The molecule has 2 amide bonds. The van der Waals surface area contributed by atoms with Crippen LogP contribution in [0.2, 0.25) is 0 Å². The Morgan fingerprint density at radius 1 is 1.36 bits per heavy atom. The Morgan fingerprint density at radius 2 is 2.12 bits per heavy atom. The van der Waals surface area contributed by atoms with Gasteiger partial charge in [0.2, 0.25) is 0 Å². The number of nitrogens with one attached hydrogen (secondary N) is 1. The molecule has 128 valence electrons. The lowest BCUT2D eigenvalue weighted by Gasteiger charge is -2.25. The number of nitriles is 1. The molecule has 25 heavy (non-hydrogen) atoms. The summed E-state index contributed by atoms with van der Waals surface area (Å²) in [5.74, 6) is -0.378. The second-order valence-corrected chi connectivity index (χ2v) is 6.13. The van der Waals surface area contributed by atoms with Gasteiger partial charge in [-0.3, -0.25) is 0 Å². The maximum Gasteiger partial charge on any atom is 0.322 e. The highest BCUT2D eigenvalue weighted by molar-refractivity contribution is 5.91. The topological polar surface area (TPSA) is 76.4 Å². The molecule has 1 heterocycles. The minimum atomic E-state index is -0.662. The lowest BCUT2D eigenvalue weighted by atomic mass is 10.0. The zero-order chi connectivity index (χ0) is 18.0. The van der Waals surface area contributed by atoms with Crippen LogP contribution in [0.4, 0.5) is 14.9 Å². The number of hydrogen-bond donors (Lipinski definition) is 2. The SMILES string of the molecule is Cc1c(C#N)cccc1NC(=O)N1CC(O)CC1c1cccc(F)c1. The first-order valence-corrected chi connectivity index (χ1v) is 8.00. The molecule has 1 aliphatic rings. The number of nitrogens with zero attached hydrogens (tertiary/aromatic N) is 2. The second kappa shape index (κ2) is 6.91. The summed E-state index contributed by atoms with van der Waals surface area (Å²) in [7, 11) is 0. The lowest BCUT2D eigenvalue weighted by Crippen LogP contribution is -2.35. The molecular weight excluding hydrogens is 321 g/mol. The van der Waals surface area contributed by atoms with Crippen molar-refractivity contribution >= 4 is 11.7 Å². The monoisotopic (exact) mass is 339 g/mol. The van der Waals surface area contributed by atoms with Crippen molar-refractivity contribution in [3.05, 3.63) is 65.0 Å². The molecule has 3 rings (SSSR count). The largest absolute Gasteiger partial charge is 0.391 e. The molecule has 0 aromatic heterocycles. The van der Waals surface area contributed by atoms with Crippen LogP contribution < -0.4 is 5.32 Å². The molecule has 5 nitrogen and oxygen atoms in total. The van der Waals surface area contributed by atoms with E-state index in [0.29, 0.717) is 28.8 Å². The maximum absolute atomic E-state index is 13.5. The van der Waals surface area contributed by atoms with Gasteiger partial charge in [0.15, 0.2) is 0 Å². The van der Waals surface area contributed by atoms with Gasteiger partial charge in [0, 0.05) is 12.2 Å². The summed E-state index contributed by atoms with van der Waals surface area (Å²) in [6, 6.07) is 12.5. The average Bonchev–Trinajstić information content (AvgIpc) is 2.99. The number of carbonyl (C=O) groups excluding carboxylic acids is 1. The molecule has 2 atom stereocenters. The number of urea groups is 1. The first-order chi connectivity index (χ1) is 12.0. The van der Waals surface area contributed by atoms with Crippen LogP contribution in [-0.2, 0) is 0 Å². The molecule has 0 spiro atoms. The summed E-state index contributed by atoms with van der Waals surface area (Å²) >= 11 is 0. The van der Waals surface area contributed by atoms with E-state index < -0.39 is 12.1 Å². The van der Waals surface area contributed by atoms with Gasteiger partial charge in [-0.15, -0.1) is 0 Å². The third-order valence-electron chi connectivity index (χ3n) is 4.47. The van der Waals surface area contributed by atoms with Gasteiger partial charge >= 0.3 is 6.03 Å². The summed E-state index contributed by atoms with van der Waals surface area (Å²) < 4.78 is 13.5. The molecule has 0 bridgehead atoms. The Kier molecular flexibility index (Phi) is 4.68. The number of β-amino-alcohol motifs (C(OH)–C–C–N with tert-alkyl or cyclic N) is 1. The summed E-state index contributed by atoms with van der Waals surface area (Å²) in [5.41, 5.74) is 2.36. The number of halogens is 1. The smallest absolute Gasteiger partial charge is 0.322 e. The quantitative estimate of drug-likeness (QED) is 0.881. The molecule has 2 N–H and O–H groups in total. The standard InChI is InChI=1S/C19H18FN3O2/c1-12-14(10-21)5-3-7-17(12)22-19(25)23-11-16(24)9-18(23)13-4-2-6-15(20)8-13/h2-8,16,18,24H,9,11H2,1H3,(H,22,25). The third kappa shape index (κ3) is 3.47. The number of likely N-dealkylation sites (tertiary alicyclic amines) is 1. The van der Waals surface area contributed by atoms with Gasteiger partial charge in [0.05, 0.1) is 23.8 Å². The molecule has 0 radical (unpaired) electrons. The highest BCUT2D eigenvalue weighted by Crippen LogP contribution is 2.33.